The molecule has 1 aromatic heterocycles. The van der Waals surface area contributed by atoms with Crippen LogP contribution in [0.4, 0.5) is 4.79 Å². The van der Waals surface area contributed by atoms with Gasteiger partial charge in [-0.1, -0.05) is 53.7 Å². The number of carboxylic acids is 1. The molecule has 0 unspecified atom stereocenters. The third-order valence-electron chi connectivity index (χ3n) is 7.05. The fourth-order valence-electron chi connectivity index (χ4n) is 4.88. The van der Waals surface area contributed by atoms with Crippen LogP contribution >= 0.6 is 0 Å². The smallest absolute Gasteiger partial charge is 0.407 e. The quantitative estimate of drug-likeness (QED) is 0.533. The van der Waals surface area contributed by atoms with E-state index in [2.05, 4.69) is 22.6 Å². The topological polar surface area (TPSA) is 122 Å². The van der Waals surface area contributed by atoms with Crippen molar-refractivity contribution in [2.45, 2.75) is 37.3 Å². The molecule has 0 bridgehead atoms. The van der Waals surface area contributed by atoms with Crippen molar-refractivity contribution in [1.82, 2.24) is 15.4 Å². The second-order valence-electron chi connectivity index (χ2n) is 8.91. The molecule has 0 saturated heterocycles. The maximum Gasteiger partial charge on any atom is 0.407 e. The summed E-state index contributed by atoms with van der Waals surface area (Å²) in [6.07, 6.45) is 0.933. The normalized spacial score (nSPS) is 15.5. The minimum absolute atomic E-state index is 0.00985. The highest BCUT2D eigenvalue weighted by Gasteiger charge is 2.50. The summed E-state index contributed by atoms with van der Waals surface area (Å²) in [6, 6.07) is 17.6. The monoisotopic (exact) mass is 475 g/mol. The van der Waals surface area contributed by atoms with E-state index in [0.29, 0.717) is 12.8 Å². The standard InChI is InChI=1S/C26H25N3O6/c1-29(26(24(31)32)11-6-12-26)23(30)22-13-16(35-28-22)14-27-25(33)34-15-21-19-9-4-2-7-17(19)18-8-3-5-10-20(18)21/h2-5,7-10,13,21H,6,11-12,14-15H2,1H3,(H,27,33)(H,31,32). The first-order chi connectivity index (χ1) is 16.9. The zero-order valence-electron chi connectivity index (χ0n) is 19.2. The van der Waals surface area contributed by atoms with Gasteiger partial charge in [0.25, 0.3) is 5.91 Å². The van der Waals surface area contributed by atoms with Gasteiger partial charge in [-0.25, -0.2) is 9.59 Å². The molecule has 3 aromatic rings. The third-order valence-corrected chi connectivity index (χ3v) is 7.05. The number of nitrogens with zero attached hydrogens (tertiary/aromatic N) is 2. The van der Waals surface area contributed by atoms with E-state index in [1.54, 1.807) is 0 Å². The Balaban J connectivity index is 1.17. The summed E-state index contributed by atoms with van der Waals surface area (Å²) in [7, 11) is 1.46. The molecule has 9 nitrogen and oxygen atoms in total. The summed E-state index contributed by atoms with van der Waals surface area (Å²) in [5.74, 6) is -1.36. The van der Waals surface area contributed by atoms with Crippen molar-refractivity contribution >= 4 is 18.0 Å². The second kappa shape index (κ2) is 8.90. The van der Waals surface area contributed by atoms with Crippen molar-refractivity contribution in [3.63, 3.8) is 0 Å². The molecular formula is C26H25N3O6. The van der Waals surface area contributed by atoms with Crippen LogP contribution in [0.25, 0.3) is 11.1 Å². The lowest BCUT2D eigenvalue weighted by atomic mass is 9.75. The third kappa shape index (κ3) is 3.92. The predicted octanol–water partition coefficient (Wildman–Crippen LogP) is 3.79. The number of carboxylic acid groups (broad SMARTS) is 1. The Hall–Kier alpha value is -4.14. The molecule has 180 valence electrons. The largest absolute Gasteiger partial charge is 0.479 e. The summed E-state index contributed by atoms with van der Waals surface area (Å²) >= 11 is 0. The highest BCUT2D eigenvalue weighted by molar-refractivity contribution is 5.96. The number of aliphatic carboxylic acids is 1. The van der Waals surface area contributed by atoms with Gasteiger partial charge in [-0.3, -0.25) is 4.79 Å². The van der Waals surface area contributed by atoms with E-state index in [1.807, 2.05) is 36.4 Å². The highest BCUT2D eigenvalue weighted by atomic mass is 16.5. The maximum atomic E-state index is 12.7. The van der Waals surface area contributed by atoms with Crippen molar-refractivity contribution in [2.75, 3.05) is 13.7 Å². The van der Waals surface area contributed by atoms with Crippen LogP contribution in [0.15, 0.2) is 59.1 Å². The molecule has 1 heterocycles. The van der Waals surface area contributed by atoms with Gasteiger partial charge in [0.15, 0.2) is 11.5 Å². The molecule has 0 atom stereocenters. The van der Waals surface area contributed by atoms with Gasteiger partial charge in [0.2, 0.25) is 0 Å². The number of benzene rings is 2. The summed E-state index contributed by atoms with van der Waals surface area (Å²) in [6.45, 7) is 0.160. The van der Waals surface area contributed by atoms with Gasteiger partial charge in [-0.2, -0.15) is 0 Å². The average molecular weight is 476 g/mol. The van der Waals surface area contributed by atoms with Crippen LogP contribution in [-0.2, 0) is 16.1 Å². The number of ether oxygens (including phenoxy) is 1. The Morgan fingerprint density at radius 2 is 1.74 bits per heavy atom. The van der Waals surface area contributed by atoms with Crippen LogP contribution in [0.2, 0.25) is 0 Å². The molecule has 2 amide bonds. The van der Waals surface area contributed by atoms with Gasteiger partial charge in [-0.15, -0.1) is 0 Å². The fraction of sp³-hybridized carbons (Fsp3) is 0.308. The van der Waals surface area contributed by atoms with E-state index >= 15 is 0 Å². The minimum atomic E-state index is -1.20. The SMILES string of the molecule is CN(C(=O)c1cc(CNC(=O)OCC2c3ccccc3-c3ccccc32)on1)C1(C(=O)O)CCC1. The van der Waals surface area contributed by atoms with Crippen LogP contribution < -0.4 is 5.32 Å². The molecule has 2 aliphatic carbocycles. The van der Waals surface area contributed by atoms with E-state index in [0.717, 1.165) is 28.7 Å². The zero-order valence-corrected chi connectivity index (χ0v) is 19.2. The molecule has 0 spiro atoms. The molecule has 0 aliphatic heterocycles. The summed E-state index contributed by atoms with van der Waals surface area (Å²) in [4.78, 5) is 37.9. The molecule has 2 aliphatic rings. The number of aromatic nitrogens is 1. The van der Waals surface area contributed by atoms with Crippen LogP contribution in [0.5, 0.6) is 0 Å². The molecule has 1 fully saturated rings. The number of amides is 2. The molecule has 2 N–H and O–H groups in total. The number of alkyl carbamates (subject to hydrolysis) is 1. The number of fused-ring (bicyclic) bond motifs is 3. The first kappa shape index (κ1) is 22.6. The van der Waals surface area contributed by atoms with Gasteiger partial charge in [0.1, 0.15) is 12.1 Å². The number of carbonyl (C=O) groups is 3. The van der Waals surface area contributed by atoms with E-state index in [4.69, 9.17) is 9.26 Å². The number of hydrogen-bond donors (Lipinski definition) is 2. The van der Waals surface area contributed by atoms with Crippen molar-refractivity contribution < 1.29 is 28.8 Å². The molecule has 2 aromatic carbocycles. The van der Waals surface area contributed by atoms with Gasteiger partial charge in [-0.05, 0) is 41.5 Å². The highest BCUT2D eigenvalue weighted by Crippen LogP contribution is 2.44. The summed E-state index contributed by atoms with van der Waals surface area (Å²) < 4.78 is 10.7. The van der Waals surface area contributed by atoms with Gasteiger partial charge >= 0.3 is 12.1 Å². The number of rotatable bonds is 7. The van der Waals surface area contributed by atoms with Crippen LogP contribution in [0.3, 0.4) is 0 Å². The van der Waals surface area contributed by atoms with Crippen molar-refractivity contribution in [3.8, 4) is 11.1 Å². The lowest BCUT2D eigenvalue weighted by Crippen LogP contribution is -2.59. The van der Waals surface area contributed by atoms with Crippen molar-refractivity contribution in [2.24, 2.45) is 0 Å². The molecule has 35 heavy (non-hydrogen) atoms. The zero-order chi connectivity index (χ0) is 24.6. The lowest BCUT2D eigenvalue weighted by Gasteiger charge is -2.44. The first-order valence-corrected chi connectivity index (χ1v) is 11.5. The summed E-state index contributed by atoms with van der Waals surface area (Å²) in [5, 5.41) is 15.9. The van der Waals surface area contributed by atoms with Gasteiger partial charge in [0.05, 0.1) is 6.54 Å². The molecule has 0 radical (unpaired) electrons. The lowest BCUT2D eigenvalue weighted by molar-refractivity contribution is -0.154. The van der Waals surface area contributed by atoms with Crippen LogP contribution in [-0.4, -0.2) is 52.3 Å². The van der Waals surface area contributed by atoms with Crippen molar-refractivity contribution in [3.05, 3.63) is 77.2 Å². The predicted molar refractivity (Wildman–Crippen MR) is 125 cm³/mol. The Morgan fingerprint density at radius 1 is 1.11 bits per heavy atom. The Labute approximate surface area is 201 Å². The van der Waals surface area contributed by atoms with E-state index in [-0.39, 0.29) is 30.5 Å². The number of nitrogens with one attached hydrogen (secondary N) is 1. The number of hydrogen-bond acceptors (Lipinski definition) is 6. The molecule has 1 saturated carbocycles. The summed E-state index contributed by atoms with van der Waals surface area (Å²) in [5.41, 5.74) is 3.32. The molecular weight excluding hydrogens is 450 g/mol. The van der Waals surface area contributed by atoms with E-state index < -0.39 is 23.5 Å². The number of likely N-dealkylation sites (N-methyl/N-ethyl adjacent to an activating group) is 1. The minimum Gasteiger partial charge on any atom is -0.479 e. The maximum absolute atomic E-state index is 12.7. The Morgan fingerprint density at radius 3 is 2.31 bits per heavy atom. The second-order valence-corrected chi connectivity index (χ2v) is 8.91. The molecule has 5 rings (SSSR count). The Bertz CT molecular complexity index is 1250. The van der Waals surface area contributed by atoms with E-state index in [9.17, 15) is 19.5 Å². The van der Waals surface area contributed by atoms with Crippen molar-refractivity contribution in [1.29, 1.82) is 0 Å². The molecule has 9 heteroatoms. The van der Waals surface area contributed by atoms with Gasteiger partial charge < -0.3 is 24.6 Å². The van der Waals surface area contributed by atoms with Crippen LogP contribution in [0, 0.1) is 0 Å². The first-order valence-electron chi connectivity index (χ1n) is 11.5. The van der Waals surface area contributed by atoms with Crippen LogP contribution in [0.1, 0.15) is 52.6 Å². The Kier molecular flexibility index (Phi) is 5.76. The fourth-order valence-corrected chi connectivity index (χ4v) is 4.88. The average Bonchev–Trinajstić information content (AvgIpc) is 3.43. The van der Waals surface area contributed by atoms with E-state index in [1.165, 1.54) is 18.0 Å². The number of carbonyl (C=O) groups excluding carboxylic acids is 2. The van der Waals surface area contributed by atoms with Gasteiger partial charge in [0, 0.05) is 19.0 Å².